The molecule has 0 aliphatic rings. The minimum absolute atomic E-state index is 0.0221. The summed E-state index contributed by atoms with van der Waals surface area (Å²) in [5, 5.41) is -0.237. The van der Waals surface area contributed by atoms with E-state index in [9.17, 15) is 13.2 Å². The lowest BCUT2D eigenvalue weighted by Crippen LogP contribution is -2.21. The summed E-state index contributed by atoms with van der Waals surface area (Å²) in [5.74, 6) is -0.777. The van der Waals surface area contributed by atoms with E-state index in [1.54, 1.807) is 0 Å². The Morgan fingerprint density at radius 2 is 2.00 bits per heavy atom. The largest absolute Gasteiger partial charge is 0.438 e. The van der Waals surface area contributed by atoms with Gasteiger partial charge in [-0.05, 0) is 12.3 Å². The molecule has 0 spiro atoms. The molecule has 0 radical (unpaired) electrons. The van der Waals surface area contributed by atoms with Crippen LogP contribution in [0.4, 0.5) is 0 Å². The van der Waals surface area contributed by atoms with E-state index < -0.39 is 15.9 Å². The maximum Gasteiger partial charge on any atom is 0.284 e. The third-order valence-electron chi connectivity index (χ3n) is 3.47. The number of amides is 1. The summed E-state index contributed by atoms with van der Waals surface area (Å²) in [6, 6.07) is 1.42. The second-order valence-corrected chi connectivity index (χ2v) is 7.48. The quantitative estimate of drug-likeness (QED) is 0.745. The maximum absolute atomic E-state index is 12.1. The van der Waals surface area contributed by atoms with Crippen molar-refractivity contribution in [2.45, 2.75) is 50.5 Å². The molecule has 21 heavy (non-hydrogen) atoms. The van der Waals surface area contributed by atoms with E-state index in [4.69, 9.17) is 10.2 Å². The highest BCUT2D eigenvalue weighted by Gasteiger charge is 2.28. The van der Waals surface area contributed by atoms with Gasteiger partial charge < -0.3 is 10.2 Å². The van der Waals surface area contributed by atoms with Crippen molar-refractivity contribution in [2.24, 2.45) is 5.73 Å². The summed E-state index contributed by atoms with van der Waals surface area (Å²) in [4.78, 5) is 11.5. The number of rotatable bonds is 8. The number of carbonyl (C=O) groups is 1. The van der Waals surface area contributed by atoms with E-state index in [0.717, 1.165) is 30.0 Å². The lowest BCUT2D eigenvalue weighted by Gasteiger charge is -2.09. The van der Waals surface area contributed by atoms with Crippen molar-refractivity contribution in [3.05, 3.63) is 17.4 Å². The van der Waals surface area contributed by atoms with Gasteiger partial charge in [-0.1, -0.05) is 33.1 Å². The molecule has 120 valence electrons. The summed E-state index contributed by atoms with van der Waals surface area (Å²) < 4.78 is 30.4. The van der Waals surface area contributed by atoms with E-state index in [0.29, 0.717) is 5.56 Å². The molecule has 0 fully saturated rings. The van der Waals surface area contributed by atoms with Crippen LogP contribution in [-0.4, -0.2) is 32.7 Å². The van der Waals surface area contributed by atoms with Gasteiger partial charge in [0.2, 0.25) is 5.09 Å². The van der Waals surface area contributed by atoms with Gasteiger partial charge in [0.1, 0.15) is 0 Å². The third-order valence-corrected chi connectivity index (χ3v) is 5.14. The van der Waals surface area contributed by atoms with Crippen LogP contribution in [0.5, 0.6) is 0 Å². The number of hydrogen-bond donors (Lipinski definition) is 1. The van der Waals surface area contributed by atoms with E-state index in [-0.39, 0.29) is 16.8 Å². The van der Waals surface area contributed by atoms with E-state index in [1.807, 2.05) is 6.92 Å². The van der Waals surface area contributed by atoms with Crippen LogP contribution in [0, 0.1) is 0 Å². The Hall–Kier alpha value is -1.34. The van der Waals surface area contributed by atoms with Gasteiger partial charge in [-0.2, -0.15) is 0 Å². The molecular formula is C14H24N2O4S. The first-order chi connectivity index (χ1) is 9.71. The Morgan fingerprint density at radius 1 is 1.38 bits per heavy atom. The van der Waals surface area contributed by atoms with Gasteiger partial charge in [0.25, 0.3) is 15.9 Å². The first-order valence-electron chi connectivity index (χ1n) is 7.07. The smallest absolute Gasteiger partial charge is 0.284 e. The highest BCUT2D eigenvalue weighted by Crippen LogP contribution is 2.30. The molecule has 1 aromatic rings. The van der Waals surface area contributed by atoms with Crippen LogP contribution >= 0.6 is 0 Å². The molecule has 0 aromatic carbocycles. The Labute approximate surface area is 126 Å². The minimum atomic E-state index is -3.71. The predicted molar refractivity (Wildman–Crippen MR) is 80.7 cm³/mol. The van der Waals surface area contributed by atoms with Gasteiger partial charge in [0.15, 0.2) is 5.76 Å². The molecule has 0 saturated carbocycles. The number of hydrogen-bond acceptors (Lipinski definition) is 4. The van der Waals surface area contributed by atoms with Gasteiger partial charge in [-0.25, -0.2) is 12.7 Å². The molecule has 1 heterocycles. The second-order valence-electron chi connectivity index (χ2n) is 5.40. The highest BCUT2D eigenvalue weighted by molar-refractivity contribution is 7.88. The van der Waals surface area contributed by atoms with Crippen molar-refractivity contribution >= 4 is 15.9 Å². The molecule has 0 bridgehead atoms. The summed E-state index contributed by atoms with van der Waals surface area (Å²) in [5.41, 5.74) is 5.87. The van der Waals surface area contributed by atoms with Crippen molar-refractivity contribution in [1.29, 1.82) is 0 Å². The predicted octanol–water partition coefficient (Wildman–Crippen LogP) is 2.31. The number of nitrogens with two attached hydrogens (primary N) is 1. The molecule has 1 aromatic heterocycles. The molecule has 0 saturated heterocycles. The van der Waals surface area contributed by atoms with Crippen LogP contribution in [0.2, 0.25) is 0 Å². The molecule has 2 N–H and O–H groups in total. The second kappa shape index (κ2) is 7.09. The molecule has 1 rings (SSSR count). The van der Waals surface area contributed by atoms with Crippen molar-refractivity contribution in [2.75, 3.05) is 14.1 Å². The zero-order valence-electron chi connectivity index (χ0n) is 13.0. The molecule has 1 atom stereocenters. The van der Waals surface area contributed by atoms with Crippen LogP contribution in [-0.2, 0) is 10.0 Å². The molecule has 1 unspecified atom stereocenters. The van der Waals surface area contributed by atoms with Gasteiger partial charge in [-0.15, -0.1) is 0 Å². The number of sulfonamides is 1. The minimum Gasteiger partial charge on any atom is -0.438 e. The number of furan rings is 1. The topological polar surface area (TPSA) is 93.6 Å². The molecular weight excluding hydrogens is 292 g/mol. The van der Waals surface area contributed by atoms with Crippen LogP contribution in [0.1, 0.15) is 61.6 Å². The Bertz CT molecular complexity index is 590. The number of unbranched alkanes of at least 4 members (excludes halogenated alkanes) is 2. The fourth-order valence-corrected chi connectivity index (χ4v) is 2.93. The number of nitrogens with zero attached hydrogens (tertiary/aromatic N) is 1. The SMILES string of the molecule is CCCCCC(C)c1cc(S(=O)(=O)N(C)C)oc1C(N)=O. The van der Waals surface area contributed by atoms with Gasteiger partial charge in [0.05, 0.1) is 0 Å². The van der Waals surface area contributed by atoms with Gasteiger partial charge >= 0.3 is 0 Å². The van der Waals surface area contributed by atoms with Crippen molar-refractivity contribution in [3.8, 4) is 0 Å². The Kier molecular flexibility index (Phi) is 5.98. The normalized spacial score (nSPS) is 13.6. The molecule has 7 heteroatoms. The maximum atomic E-state index is 12.1. The number of carbonyl (C=O) groups excluding carboxylic acids is 1. The fraction of sp³-hybridized carbons (Fsp3) is 0.643. The third kappa shape index (κ3) is 4.07. The average Bonchev–Trinajstić information content (AvgIpc) is 2.84. The standard InChI is InChI=1S/C14H24N2O4S/c1-5-6-7-8-10(2)11-9-12(20-13(11)14(15)17)21(18,19)16(3)4/h9-10H,5-8H2,1-4H3,(H2,15,17). The van der Waals surface area contributed by atoms with E-state index >= 15 is 0 Å². The summed E-state index contributed by atoms with van der Waals surface area (Å²) in [7, 11) is -0.894. The van der Waals surface area contributed by atoms with Crippen LogP contribution in [0.25, 0.3) is 0 Å². The van der Waals surface area contributed by atoms with Crippen molar-refractivity contribution in [3.63, 3.8) is 0 Å². The molecule has 1 amide bonds. The summed E-state index contributed by atoms with van der Waals surface area (Å²) in [6.45, 7) is 4.05. The van der Waals surface area contributed by atoms with E-state index in [2.05, 4.69) is 6.92 Å². The fourth-order valence-electron chi connectivity index (χ4n) is 2.10. The molecule has 0 aliphatic heterocycles. The van der Waals surface area contributed by atoms with Gasteiger partial charge in [0, 0.05) is 25.7 Å². The lowest BCUT2D eigenvalue weighted by atomic mass is 9.95. The molecule has 6 nitrogen and oxygen atoms in total. The molecule has 0 aliphatic carbocycles. The first-order valence-corrected chi connectivity index (χ1v) is 8.51. The monoisotopic (exact) mass is 316 g/mol. The number of primary amides is 1. The summed E-state index contributed by atoms with van der Waals surface area (Å²) in [6.07, 6.45) is 4.06. The van der Waals surface area contributed by atoms with Crippen molar-refractivity contribution < 1.29 is 17.6 Å². The summed E-state index contributed by atoms with van der Waals surface area (Å²) >= 11 is 0. The van der Waals surface area contributed by atoms with Gasteiger partial charge in [-0.3, -0.25) is 4.79 Å². The van der Waals surface area contributed by atoms with E-state index in [1.165, 1.54) is 20.2 Å². The van der Waals surface area contributed by atoms with Crippen LogP contribution in [0.15, 0.2) is 15.6 Å². The Morgan fingerprint density at radius 3 is 2.48 bits per heavy atom. The van der Waals surface area contributed by atoms with Crippen LogP contribution < -0.4 is 5.73 Å². The zero-order chi connectivity index (χ0) is 16.2. The zero-order valence-corrected chi connectivity index (χ0v) is 13.9. The van der Waals surface area contributed by atoms with Crippen LogP contribution in [0.3, 0.4) is 0 Å². The lowest BCUT2D eigenvalue weighted by molar-refractivity contribution is 0.0966. The highest BCUT2D eigenvalue weighted by atomic mass is 32.2. The first kappa shape index (κ1) is 17.7. The Balaban J connectivity index is 3.14. The average molecular weight is 316 g/mol. The van der Waals surface area contributed by atoms with Crippen molar-refractivity contribution in [1.82, 2.24) is 4.31 Å².